The average molecular weight is 443 g/mol. The number of carbonyl (C=O) groups excluding carboxylic acids is 2. The van der Waals surface area contributed by atoms with E-state index < -0.39 is 21.6 Å². The van der Waals surface area contributed by atoms with E-state index in [1.54, 1.807) is 19.2 Å². The van der Waals surface area contributed by atoms with E-state index >= 15 is 0 Å². The predicted molar refractivity (Wildman–Crippen MR) is 109 cm³/mol. The van der Waals surface area contributed by atoms with Crippen LogP contribution >= 0.6 is 0 Å². The molecular weight excluding hydrogens is 422 g/mol. The molecule has 0 saturated heterocycles. The Balaban J connectivity index is 1.83. The lowest BCUT2D eigenvalue weighted by atomic mass is 9.93. The van der Waals surface area contributed by atoms with Gasteiger partial charge in [-0.3, -0.25) is 9.89 Å². The first kappa shape index (κ1) is 21.0. The maximum absolute atomic E-state index is 13.6. The number of carbonyl (C=O) groups is 2. The molecule has 0 spiro atoms. The molecule has 0 bridgehead atoms. The van der Waals surface area contributed by atoms with Gasteiger partial charge in [-0.05, 0) is 49.6 Å². The topological polar surface area (TPSA) is 132 Å². The quantitative estimate of drug-likeness (QED) is 0.415. The minimum atomic E-state index is -3.48. The number of sulfone groups is 1. The third-order valence-corrected chi connectivity index (χ3v) is 6.16. The van der Waals surface area contributed by atoms with Gasteiger partial charge in [0.25, 0.3) is 0 Å². The Morgan fingerprint density at radius 1 is 1.26 bits per heavy atom. The molecule has 162 valence electrons. The number of aromatic amines is 1. The molecule has 0 amide bonds. The standard InChI is InChI=1S/C21H21N3O6S/c1-3-29-21(26)18-17(20(30-24-18)12-4-5-12)19(25)16-7-6-15(31(2,27)28)11-13(16)10-14-8-9-22-23-14/h6-9,11-12H,3-5,10H2,1-2H3,(H,22,23). The number of ether oxygens (including phenoxy) is 1. The summed E-state index contributed by atoms with van der Waals surface area (Å²) in [7, 11) is -3.48. The van der Waals surface area contributed by atoms with E-state index in [9.17, 15) is 18.0 Å². The first-order valence-electron chi connectivity index (χ1n) is 9.82. The summed E-state index contributed by atoms with van der Waals surface area (Å²) in [5.41, 5.74) is 1.37. The van der Waals surface area contributed by atoms with Crippen LogP contribution in [0, 0.1) is 0 Å². The Labute approximate surface area is 178 Å². The van der Waals surface area contributed by atoms with Crippen LogP contribution < -0.4 is 0 Å². The van der Waals surface area contributed by atoms with Gasteiger partial charge in [0.2, 0.25) is 5.69 Å². The molecule has 0 aliphatic heterocycles. The monoisotopic (exact) mass is 443 g/mol. The summed E-state index contributed by atoms with van der Waals surface area (Å²) >= 11 is 0. The molecule has 1 saturated carbocycles. The summed E-state index contributed by atoms with van der Waals surface area (Å²) in [6.45, 7) is 1.79. The number of benzene rings is 1. The van der Waals surface area contributed by atoms with Gasteiger partial charge in [-0.1, -0.05) is 5.16 Å². The van der Waals surface area contributed by atoms with E-state index in [1.807, 2.05) is 0 Å². The van der Waals surface area contributed by atoms with Crippen LogP contribution in [-0.2, 0) is 21.0 Å². The first-order chi connectivity index (χ1) is 14.8. The largest absolute Gasteiger partial charge is 0.461 e. The number of H-pyrrole nitrogens is 1. The van der Waals surface area contributed by atoms with E-state index in [4.69, 9.17) is 9.26 Å². The van der Waals surface area contributed by atoms with Crippen LogP contribution in [0.15, 0.2) is 39.9 Å². The van der Waals surface area contributed by atoms with Crippen LogP contribution in [0.4, 0.5) is 0 Å². The lowest BCUT2D eigenvalue weighted by molar-refractivity contribution is 0.0512. The van der Waals surface area contributed by atoms with E-state index in [-0.39, 0.29) is 40.7 Å². The summed E-state index contributed by atoms with van der Waals surface area (Å²) in [4.78, 5) is 26.1. The highest BCUT2D eigenvalue weighted by Gasteiger charge is 2.38. The van der Waals surface area contributed by atoms with Gasteiger partial charge in [0.1, 0.15) is 5.56 Å². The van der Waals surface area contributed by atoms with Crippen molar-refractivity contribution in [3.63, 3.8) is 0 Å². The number of aromatic nitrogens is 3. The van der Waals surface area contributed by atoms with Crippen molar-refractivity contribution in [1.29, 1.82) is 0 Å². The first-order valence-corrected chi connectivity index (χ1v) is 11.7. The molecular formula is C21H21N3O6S. The highest BCUT2D eigenvalue weighted by atomic mass is 32.2. The molecule has 1 aliphatic carbocycles. The summed E-state index contributed by atoms with van der Waals surface area (Å²) in [5.74, 6) is -0.793. The molecule has 0 atom stereocenters. The molecule has 1 aromatic carbocycles. The van der Waals surface area contributed by atoms with Gasteiger partial charge in [-0.2, -0.15) is 5.10 Å². The third-order valence-electron chi connectivity index (χ3n) is 5.05. The molecule has 9 nitrogen and oxygen atoms in total. The van der Waals surface area contributed by atoms with Crippen molar-refractivity contribution in [2.24, 2.45) is 0 Å². The fourth-order valence-electron chi connectivity index (χ4n) is 3.38. The fourth-order valence-corrected chi connectivity index (χ4v) is 4.05. The number of esters is 1. The van der Waals surface area contributed by atoms with Crippen molar-refractivity contribution in [2.45, 2.75) is 37.0 Å². The van der Waals surface area contributed by atoms with Gasteiger partial charge in [-0.25, -0.2) is 13.2 Å². The highest BCUT2D eigenvalue weighted by Crippen LogP contribution is 2.43. The van der Waals surface area contributed by atoms with E-state index in [0.717, 1.165) is 19.1 Å². The average Bonchev–Trinajstić information content (AvgIpc) is 3.25. The minimum Gasteiger partial charge on any atom is -0.461 e. The van der Waals surface area contributed by atoms with Gasteiger partial charge in [0.15, 0.2) is 21.4 Å². The molecule has 0 radical (unpaired) electrons. The Kier molecular flexibility index (Phi) is 5.48. The molecule has 2 heterocycles. The van der Waals surface area contributed by atoms with Crippen molar-refractivity contribution in [1.82, 2.24) is 15.4 Å². The fraction of sp³-hybridized carbons (Fsp3) is 0.333. The number of rotatable bonds is 8. The van der Waals surface area contributed by atoms with Crippen molar-refractivity contribution in [2.75, 3.05) is 12.9 Å². The maximum Gasteiger partial charge on any atom is 0.361 e. The molecule has 2 aromatic heterocycles. The molecule has 0 unspecified atom stereocenters. The number of nitrogens with zero attached hydrogens (tertiary/aromatic N) is 2. The lowest BCUT2D eigenvalue weighted by Crippen LogP contribution is -2.15. The van der Waals surface area contributed by atoms with E-state index in [1.165, 1.54) is 18.2 Å². The second-order valence-corrected chi connectivity index (χ2v) is 9.46. The normalized spacial score (nSPS) is 13.9. The summed E-state index contributed by atoms with van der Waals surface area (Å²) in [6, 6.07) is 6.05. The number of hydrogen-bond acceptors (Lipinski definition) is 8. The van der Waals surface area contributed by atoms with E-state index in [2.05, 4.69) is 15.4 Å². The zero-order chi connectivity index (χ0) is 22.2. The predicted octanol–water partition coefficient (Wildman–Crippen LogP) is 2.68. The Hall–Kier alpha value is -3.27. The molecule has 31 heavy (non-hydrogen) atoms. The van der Waals surface area contributed by atoms with Crippen LogP contribution in [0.25, 0.3) is 0 Å². The van der Waals surface area contributed by atoms with E-state index in [0.29, 0.717) is 17.0 Å². The van der Waals surface area contributed by atoms with Gasteiger partial charge in [0.05, 0.1) is 11.5 Å². The third kappa shape index (κ3) is 4.29. The van der Waals surface area contributed by atoms with Gasteiger partial charge < -0.3 is 9.26 Å². The van der Waals surface area contributed by atoms with Crippen molar-refractivity contribution >= 4 is 21.6 Å². The van der Waals surface area contributed by atoms with Crippen LogP contribution in [-0.4, -0.2) is 48.4 Å². The lowest BCUT2D eigenvalue weighted by Gasteiger charge is -2.11. The Morgan fingerprint density at radius 2 is 2.03 bits per heavy atom. The molecule has 1 aliphatic rings. The highest BCUT2D eigenvalue weighted by molar-refractivity contribution is 7.90. The summed E-state index contributed by atoms with van der Waals surface area (Å²) in [6.07, 6.45) is 4.61. The molecule has 1 fully saturated rings. The molecule has 1 N–H and O–H groups in total. The second kappa shape index (κ2) is 8.10. The van der Waals surface area contributed by atoms with Crippen molar-refractivity contribution < 1.29 is 27.3 Å². The van der Waals surface area contributed by atoms with Crippen LogP contribution in [0.5, 0.6) is 0 Å². The van der Waals surface area contributed by atoms with Crippen LogP contribution in [0.3, 0.4) is 0 Å². The molecule has 10 heteroatoms. The maximum atomic E-state index is 13.6. The van der Waals surface area contributed by atoms with Gasteiger partial charge in [0, 0.05) is 36.0 Å². The summed E-state index contributed by atoms with van der Waals surface area (Å²) < 4.78 is 34.6. The Morgan fingerprint density at radius 3 is 2.65 bits per heavy atom. The SMILES string of the molecule is CCOC(=O)c1noc(C2CC2)c1C(=O)c1ccc(S(C)(=O)=O)cc1Cc1ccn[nH]1. The smallest absolute Gasteiger partial charge is 0.361 e. The molecule has 4 rings (SSSR count). The minimum absolute atomic E-state index is 0.0287. The number of nitrogens with one attached hydrogen (secondary N) is 1. The molecule has 3 aromatic rings. The van der Waals surface area contributed by atoms with Gasteiger partial charge in [-0.15, -0.1) is 0 Å². The van der Waals surface area contributed by atoms with Crippen molar-refractivity contribution in [3.8, 4) is 0 Å². The number of hydrogen-bond donors (Lipinski definition) is 1. The van der Waals surface area contributed by atoms with Crippen molar-refractivity contribution in [3.05, 3.63) is 64.3 Å². The Bertz CT molecular complexity index is 1240. The van der Waals surface area contributed by atoms with Gasteiger partial charge >= 0.3 is 5.97 Å². The zero-order valence-electron chi connectivity index (χ0n) is 17.0. The second-order valence-electron chi connectivity index (χ2n) is 7.44. The summed E-state index contributed by atoms with van der Waals surface area (Å²) in [5, 5.41) is 10.5. The number of ketones is 1. The van der Waals surface area contributed by atoms with Crippen LogP contribution in [0.2, 0.25) is 0 Å². The zero-order valence-corrected chi connectivity index (χ0v) is 17.9. The van der Waals surface area contributed by atoms with Crippen LogP contribution in [0.1, 0.15) is 69.1 Å².